The van der Waals surface area contributed by atoms with Gasteiger partial charge >= 0.3 is 0 Å². The highest BCUT2D eigenvalue weighted by Gasteiger charge is 2.44. The number of nitrogens with zero attached hydrogens (tertiary/aromatic N) is 8. The molecule has 2 aliphatic heterocycles. The van der Waals surface area contributed by atoms with E-state index in [0.29, 0.717) is 54.1 Å². The minimum absolute atomic E-state index is 0.0735. The van der Waals surface area contributed by atoms with Crippen molar-refractivity contribution in [2.75, 3.05) is 62.3 Å². The van der Waals surface area contributed by atoms with Crippen molar-refractivity contribution in [3.05, 3.63) is 75.8 Å². The second kappa shape index (κ2) is 20.7. The molecule has 18 heteroatoms. The van der Waals surface area contributed by atoms with Crippen LogP contribution in [-0.4, -0.2) is 117 Å². The van der Waals surface area contributed by atoms with Crippen molar-refractivity contribution in [1.29, 1.82) is 0 Å². The van der Waals surface area contributed by atoms with Gasteiger partial charge in [-0.15, -0.1) is 11.3 Å². The average molecular weight is 938 g/mol. The summed E-state index contributed by atoms with van der Waals surface area (Å²) in [5.74, 6) is 1.34. The minimum Gasteiger partial charge on any atom is -0.476 e. The predicted molar refractivity (Wildman–Crippen MR) is 258 cm³/mol. The molecule has 2 saturated heterocycles. The monoisotopic (exact) mass is 937 g/mol. The Kier molecular flexibility index (Phi) is 14.8. The van der Waals surface area contributed by atoms with E-state index in [1.807, 2.05) is 39.1 Å². The topological polar surface area (TPSA) is 214 Å². The Labute approximate surface area is 397 Å². The van der Waals surface area contributed by atoms with Gasteiger partial charge in [0.2, 0.25) is 29.5 Å². The number of β-amino-alcohol motifs (C(OH)–C–C–N with tert-alkyl or cyclic N) is 1. The summed E-state index contributed by atoms with van der Waals surface area (Å²) in [4.78, 5) is 49.6. The molecular formula is C49H67N11O6S. The highest BCUT2D eigenvalue weighted by Crippen LogP contribution is 2.51. The maximum absolute atomic E-state index is 14.1. The molecule has 1 unspecified atom stereocenters. The van der Waals surface area contributed by atoms with E-state index in [4.69, 9.17) is 29.5 Å². The first-order valence-corrected chi connectivity index (χ1v) is 24.8. The van der Waals surface area contributed by atoms with Gasteiger partial charge < -0.3 is 50.0 Å². The number of unbranched alkanes of at least 4 members (excludes halogenated alkanes) is 1. The van der Waals surface area contributed by atoms with Gasteiger partial charge in [-0.05, 0) is 99.6 Å². The van der Waals surface area contributed by atoms with Crippen LogP contribution < -0.4 is 26.0 Å². The quantitative estimate of drug-likeness (QED) is 0.0711. The van der Waals surface area contributed by atoms with Gasteiger partial charge in [0, 0.05) is 68.4 Å². The summed E-state index contributed by atoms with van der Waals surface area (Å²) in [7, 11) is 1.90. The lowest BCUT2D eigenvalue weighted by Crippen LogP contribution is -2.48. The van der Waals surface area contributed by atoms with Gasteiger partial charge in [-0.1, -0.05) is 57.1 Å². The van der Waals surface area contributed by atoms with Crippen LogP contribution >= 0.6 is 11.3 Å². The van der Waals surface area contributed by atoms with Gasteiger partial charge in [-0.25, -0.2) is 9.97 Å². The van der Waals surface area contributed by atoms with Gasteiger partial charge in [-0.3, -0.25) is 9.59 Å². The van der Waals surface area contributed by atoms with Gasteiger partial charge in [0.1, 0.15) is 22.7 Å². The molecule has 5 N–H and O–H groups in total. The van der Waals surface area contributed by atoms with Crippen molar-refractivity contribution < 1.29 is 28.5 Å². The minimum atomic E-state index is -0.799. The van der Waals surface area contributed by atoms with Crippen LogP contribution in [0.15, 0.2) is 51.6 Å². The van der Waals surface area contributed by atoms with Crippen molar-refractivity contribution in [2.45, 2.75) is 128 Å². The maximum atomic E-state index is 14.1. The number of hydrogen-bond donors (Lipinski definition) is 4. The summed E-state index contributed by atoms with van der Waals surface area (Å²) in [5.41, 5.74) is 10.9. The highest BCUT2D eigenvalue weighted by molar-refractivity contribution is 7.16. The standard InChI is InChI=1S/C49H67N11O6S/c1-29(2)33-15-13-32(14-16-33)26-53-45(62)36-24-34(61)28-60(36)46(63)40(30(3)4)37-25-39(56-65-37)64-23-9-8-20-58-21-11-22-59(31(5)27-58)48-52-19-17-35(54-48)44-55-47(66-57-44)49(6)18-10-12-38-41(49)42(51-7)43(50)67-38/h13-17,19,25,29-31,34,36,40,51,61H,8-12,18,20-24,26-28,50H2,1-7H3,(H,53,62)/t31-,34+,36-,40?,49-/m0/s1. The highest BCUT2D eigenvalue weighted by atomic mass is 32.1. The number of aromatic nitrogens is 5. The number of anilines is 3. The normalized spacial score (nSPS) is 21.7. The molecule has 0 saturated carbocycles. The molecule has 17 nitrogen and oxygen atoms in total. The Morgan fingerprint density at radius 1 is 1.04 bits per heavy atom. The molecule has 6 heterocycles. The number of fused-ring (bicyclic) bond motifs is 1. The second-order valence-corrected chi connectivity index (χ2v) is 20.4. The van der Waals surface area contributed by atoms with Crippen molar-refractivity contribution >= 4 is 39.8 Å². The number of ether oxygens (including phenoxy) is 1. The summed E-state index contributed by atoms with van der Waals surface area (Å²) in [6, 6.07) is 11.0. The first-order chi connectivity index (χ1) is 32.2. The van der Waals surface area contributed by atoms with E-state index in [1.54, 1.807) is 23.6 Å². The van der Waals surface area contributed by atoms with Crippen LogP contribution in [0.1, 0.15) is 125 Å². The number of amides is 2. The Hall–Kier alpha value is -5.59. The summed E-state index contributed by atoms with van der Waals surface area (Å²) < 4.78 is 17.7. The fourth-order valence-electron chi connectivity index (χ4n) is 10.0. The lowest BCUT2D eigenvalue weighted by atomic mass is 9.73. The van der Waals surface area contributed by atoms with Crippen LogP contribution in [0.25, 0.3) is 11.5 Å². The largest absolute Gasteiger partial charge is 0.476 e. The lowest BCUT2D eigenvalue weighted by molar-refractivity contribution is -0.141. The number of nitrogens with two attached hydrogens (primary N) is 1. The van der Waals surface area contributed by atoms with Crippen LogP contribution in [0, 0.1) is 5.92 Å². The van der Waals surface area contributed by atoms with Gasteiger partial charge in [0.15, 0.2) is 5.76 Å². The van der Waals surface area contributed by atoms with Crippen LogP contribution in [0.5, 0.6) is 5.88 Å². The predicted octanol–water partition coefficient (Wildman–Crippen LogP) is 6.74. The number of nitrogen functional groups attached to an aromatic ring is 1. The molecule has 67 heavy (non-hydrogen) atoms. The fourth-order valence-corrected chi connectivity index (χ4v) is 11.3. The Morgan fingerprint density at radius 3 is 2.61 bits per heavy atom. The maximum Gasteiger partial charge on any atom is 0.254 e. The smallest absolute Gasteiger partial charge is 0.254 e. The third kappa shape index (κ3) is 10.5. The van der Waals surface area contributed by atoms with Crippen molar-refractivity contribution in [2.24, 2.45) is 5.92 Å². The SMILES string of the molecule is CNc1c(N)sc2c1[C@@](C)(c1nc(-c3ccnc(N4CCCN(CCCCOc5cc(C(C(=O)N6C[C@H](O)C[C@H]6C(=O)NCc6ccc(C(C)C)cc6)C(C)C)on5)C[C@@H]4C)n3)no1)CCC2. The Morgan fingerprint density at radius 2 is 1.85 bits per heavy atom. The summed E-state index contributed by atoms with van der Waals surface area (Å²) >= 11 is 1.64. The van der Waals surface area contributed by atoms with E-state index < -0.39 is 23.5 Å². The molecule has 3 aliphatic rings. The second-order valence-electron chi connectivity index (χ2n) is 19.3. The van der Waals surface area contributed by atoms with Crippen molar-refractivity contribution in [3.8, 4) is 17.4 Å². The van der Waals surface area contributed by atoms with E-state index >= 15 is 0 Å². The number of hydrogen-bond acceptors (Lipinski definition) is 16. The van der Waals surface area contributed by atoms with Crippen LogP contribution in [0.2, 0.25) is 0 Å². The summed E-state index contributed by atoms with van der Waals surface area (Å²) in [6.45, 7) is 16.9. The van der Waals surface area contributed by atoms with E-state index in [0.717, 1.165) is 86.5 Å². The van der Waals surface area contributed by atoms with E-state index in [9.17, 15) is 14.7 Å². The fraction of sp³-hybridized carbons (Fsp3) is 0.571. The summed E-state index contributed by atoms with van der Waals surface area (Å²) in [6.07, 6.45) is 6.73. The van der Waals surface area contributed by atoms with E-state index in [2.05, 4.69) is 75.6 Å². The molecule has 4 aromatic heterocycles. The van der Waals surface area contributed by atoms with Crippen LogP contribution in [-0.2, 0) is 28.0 Å². The number of aliphatic hydroxyl groups excluding tert-OH is 1. The molecule has 0 spiro atoms. The number of likely N-dealkylation sites (tertiary alicyclic amines) is 1. The molecule has 2 amide bonds. The number of aliphatic hydroxyl groups is 1. The molecule has 5 atom stereocenters. The lowest BCUT2D eigenvalue weighted by Gasteiger charge is -2.31. The molecular weight excluding hydrogens is 871 g/mol. The molecule has 1 aromatic carbocycles. The zero-order chi connectivity index (χ0) is 47.4. The number of benzene rings is 1. The molecule has 0 radical (unpaired) electrons. The van der Waals surface area contributed by atoms with Gasteiger partial charge in [-0.2, -0.15) is 4.98 Å². The van der Waals surface area contributed by atoms with Crippen molar-refractivity contribution in [1.82, 2.24) is 40.4 Å². The molecule has 360 valence electrons. The van der Waals surface area contributed by atoms with E-state index in [-0.39, 0.29) is 36.7 Å². The zero-order valence-corrected chi connectivity index (χ0v) is 40.8. The first kappa shape index (κ1) is 47.9. The third-order valence-electron chi connectivity index (χ3n) is 13.7. The first-order valence-electron chi connectivity index (χ1n) is 23.9. The number of carbonyl (C=O) groups is 2. The Balaban J connectivity index is 0.809. The molecule has 0 bridgehead atoms. The summed E-state index contributed by atoms with van der Waals surface area (Å²) in [5, 5.41) is 26.2. The molecule has 8 rings (SSSR count). The average Bonchev–Trinajstić information content (AvgIpc) is 4.12. The number of carbonyl (C=O) groups excluding carboxylic acids is 2. The Bertz CT molecular complexity index is 2470. The molecule has 5 aromatic rings. The van der Waals surface area contributed by atoms with Gasteiger partial charge in [0.25, 0.3) is 5.88 Å². The van der Waals surface area contributed by atoms with Crippen LogP contribution in [0.4, 0.5) is 16.6 Å². The molecule has 2 fully saturated rings. The number of nitrogens with one attached hydrogen (secondary N) is 2. The molecule has 1 aliphatic carbocycles. The van der Waals surface area contributed by atoms with Gasteiger partial charge in [0.05, 0.1) is 23.8 Å². The number of thiophene rings is 1. The van der Waals surface area contributed by atoms with Crippen molar-refractivity contribution in [3.63, 3.8) is 0 Å². The number of rotatable bonds is 17. The van der Waals surface area contributed by atoms with E-state index in [1.165, 1.54) is 15.3 Å². The van der Waals surface area contributed by atoms with Crippen LogP contribution in [0.3, 0.4) is 0 Å². The number of aryl methyl sites for hydroxylation is 1. The third-order valence-corrected chi connectivity index (χ3v) is 14.8. The zero-order valence-electron chi connectivity index (χ0n) is 40.0.